The van der Waals surface area contributed by atoms with Crippen molar-refractivity contribution < 1.29 is 28.3 Å². The van der Waals surface area contributed by atoms with Crippen molar-refractivity contribution >= 4 is 29.5 Å². The van der Waals surface area contributed by atoms with E-state index in [9.17, 15) is 19.5 Å². The van der Waals surface area contributed by atoms with Gasteiger partial charge in [-0.05, 0) is 74.9 Å². The van der Waals surface area contributed by atoms with E-state index in [1.54, 1.807) is 25.8 Å². The normalized spacial score (nSPS) is 19.4. The lowest BCUT2D eigenvalue weighted by atomic mass is 9.80. The quantitative estimate of drug-likeness (QED) is 0.200. The lowest BCUT2D eigenvalue weighted by molar-refractivity contribution is -0.135. The lowest BCUT2D eigenvalue weighted by Crippen LogP contribution is -2.45. The number of hydrogen-bond donors (Lipinski definition) is 2. The molecule has 0 saturated carbocycles. The topological polar surface area (TPSA) is 89.9 Å². The Balaban J connectivity index is 0.000000480. The Kier molecular flexibility index (Phi) is 12.9. The number of nitrogens with one attached hydrogen (secondary N) is 1. The number of benzene rings is 2. The molecule has 43 heavy (non-hydrogen) atoms. The van der Waals surface area contributed by atoms with E-state index in [1.807, 2.05) is 39.1 Å². The highest BCUT2D eigenvalue weighted by Crippen LogP contribution is 2.38. The number of piperidine rings is 2. The van der Waals surface area contributed by atoms with E-state index in [4.69, 9.17) is 0 Å². The zero-order chi connectivity index (χ0) is 31.7. The molecule has 2 aromatic carbocycles. The summed E-state index contributed by atoms with van der Waals surface area (Å²) in [6.45, 7) is 9.95. The van der Waals surface area contributed by atoms with E-state index < -0.39 is 17.2 Å². The maximum Gasteiger partial charge on any atom is 0.229 e. The second kappa shape index (κ2) is 15.9. The average Bonchev–Trinajstić information content (AvgIpc) is 2.98. The molecule has 2 N–H and O–H groups in total. The van der Waals surface area contributed by atoms with Gasteiger partial charge in [0.25, 0.3) is 0 Å². The van der Waals surface area contributed by atoms with Crippen molar-refractivity contribution in [3.05, 3.63) is 64.7 Å². The van der Waals surface area contributed by atoms with Gasteiger partial charge < -0.3 is 10.0 Å². The number of aliphatic hydroxyl groups is 1. The minimum absolute atomic E-state index is 0.0164. The second-order valence-corrected chi connectivity index (χ2v) is 12.9. The molecule has 2 unspecified atom stereocenters. The van der Waals surface area contributed by atoms with Gasteiger partial charge in [-0.3, -0.25) is 19.7 Å². The van der Waals surface area contributed by atoms with Crippen LogP contribution in [-0.4, -0.2) is 65.1 Å². The first-order chi connectivity index (χ1) is 20.4. The summed E-state index contributed by atoms with van der Waals surface area (Å²) in [7, 11) is 2.04. The zero-order valence-corrected chi connectivity index (χ0v) is 26.7. The lowest BCUT2D eigenvalue weighted by Gasteiger charge is -2.39. The number of likely N-dealkylation sites (tertiary alicyclic amines) is 1. The van der Waals surface area contributed by atoms with Crippen LogP contribution in [0.4, 0.5) is 8.78 Å². The molecule has 2 aromatic rings. The molecule has 0 radical (unpaired) electrons. The summed E-state index contributed by atoms with van der Waals surface area (Å²) in [6.07, 6.45) is 2.56. The van der Waals surface area contributed by atoms with Crippen molar-refractivity contribution in [2.45, 2.75) is 76.7 Å². The smallest absolute Gasteiger partial charge is 0.229 e. The highest BCUT2D eigenvalue weighted by Gasteiger charge is 2.40. The van der Waals surface area contributed by atoms with Gasteiger partial charge in [-0.1, -0.05) is 45.9 Å². The Morgan fingerprint density at radius 2 is 1.84 bits per heavy atom. The minimum Gasteiger partial charge on any atom is -0.385 e. The van der Waals surface area contributed by atoms with Crippen LogP contribution in [0.2, 0.25) is 0 Å². The molecular weight excluding hydrogens is 572 g/mol. The molecule has 2 amide bonds. The van der Waals surface area contributed by atoms with Crippen LogP contribution in [-0.2, 0) is 21.6 Å². The van der Waals surface area contributed by atoms with E-state index >= 15 is 8.78 Å². The number of Topliss-reactive ketones (excluding diaryl/α,β-unsaturated/α-hetero) is 1. The molecule has 236 valence electrons. The monoisotopic (exact) mass is 617 g/mol. The molecule has 2 saturated heterocycles. The number of rotatable bonds is 10. The molecule has 0 bridgehead atoms. The summed E-state index contributed by atoms with van der Waals surface area (Å²) < 4.78 is 32.9. The van der Waals surface area contributed by atoms with Crippen molar-refractivity contribution in [3.8, 4) is 0 Å². The summed E-state index contributed by atoms with van der Waals surface area (Å²) in [6, 6.07) is 11.3. The van der Waals surface area contributed by atoms with E-state index in [0.717, 1.165) is 19.2 Å². The number of carbonyl (C=O) groups is 3. The van der Waals surface area contributed by atoms with Crippen LogP contribution in [0.15, 0.2) is 41.3 Å². The SMILES string of the molecule is CC1CCC(=O)NC1=O.CCc1c(C(=O)C(C)CC)cc(F)c(C2(O)CCN(CCN(C)Sc3ccccc3)CC2)c1F. The molecule has 2 aliphatic heterocycles. The van der Waals surface area contributed by atoms with Gasteiger partial charge in [-0.15, -0.1) is 0 Å². The van der Waals surface area contributed by atoms with Gasteiger partial charge in [0.15, 0.2) is 5.78 Å². The predicted molar refractivity (Wildman–Crippen MR) is 166 cm³/mol. The van der Waals surface area contributed by atoms with Crippen molar-refractivity contribution in [1.29, 1.82) is 0 Å². The average molecular weight is 618 g/mol. The van der Waals surface area contributed by atoms with Crippen molar-refractivity contribution in [2.24, 2.45) is 11.8 Å². The van der Waals surface area contributed by atoms with E-state index in [-0.39, 0.29) is 65.4 Å². The molecule has 2 heterocycles. The third-order valence-corrected chi connectivity index (χ3v) is 9.37. The first kappa shape index (κ1) is 34.8. The molecule has 0 aliphatic carbocycles. The number of halogens is 2. The van der Waals surface area contributed by atoms with Crippen LogP contribution < -0.4 is 5.32 Å². The summed E-state index contributed by atoms with van der Waals surface area (Å²) >= 11 is 1.67. The van der Waals surface area contributed by atoms with Gasteiger partial charge in [0.2, 0.25) is 11.8 Å². The first-order valence-electron chi connectivity index (χ1n) is 15.2. The Morgan fingerprint density at radius 3 is 2.40 bits per heavy atom. The Hall–Kier alpha value is -2.66. The zero-order valence-electron chi connectivity index (χ0n) is 25.9. The van der Waals surface area contributed by atoms with E-state index in [2.05, 4.69) is 26.7 Å². The first-order valence-corrected chi connectivity index (χ1v) is 16.0. The fourth-order valence-corrected chi connectivity index (χ4v) is 6.10. The summed E-state index contributed by atoms with van der Waals surface area (Å²) in [5.74, 6) is -2.39. The van der Waals surface area contributed by atoms with Crippen molar-refractivity contribution in [2.75, 3.05) is 33.2 Å². The van der Waals surface area contributed by atoms with Crippen molar-refractivity contribution in [1.82, 2.24) is 14.5 Å². The van der Waals surface area contributed by atoms with Gasteiger partial charge in [0.05, 0.1) is 11.2 Å². The van der Waals surface area contributed by atoms with E-state index in [1.165, 1.54) is 4.90 Å². The standard InChI is InChI=1S/C27H36F2N2O2S.C6H9NO2/c1-5-19(3)26(32)22-18-23(28)24(25(29)21(22)6-2)27(33)12-14-31(15-13-27)17-16-30(4)34-20-10-8-7-9-11-20;1-4-2-3-5(8)7-6(4)9/h7-11,18-19,33H,5-6,12-17H2,1-4H3;4H,2-3H2,1H3,(H,7,8,9). The summed E-state index contributed by atoms with van der Waals surface area (Å²) in [5.41, 5.74) is -1.54. The number of likely N-dealkylation sites (N-methyl/N-ethyl adjacent to an activating group) is 1. The molecular formula is C33H45F2N3O4S. The van der Waals surface area contributed by atoms with Crippen LogP contribution in [0, 0.1) is 23.5 Å². The fourth-order valence-electron chi connectivity index (χ4n) is 5.29. The number of hydrogen-bond acceptors (Lipinski definition) is 7. The van der Waals surface area contributed by atoms with Crippen LogP contribution in [0.5, 0.6) is 0 Å². The highest BCUT2D eigenvalue weighted by atomic mass is 32.2. The maximum atomic E-state index is 15.5. The Bertz CT molecular complexity index is 1270. The highest BCUT2D eigenvalue weighted by molar-refractivity contribution is 7.97. The predicted octanol–water partition coefficient (Wildman–Crippen LogP) is 5.74. The van der Waals surface area contributed by atoms with Crippen LogP contribution >= 0.6 is 11.9 Å². The van der Waals surface area contributed by atoms with Gasteiger partial charge in [-0.2, -0.15) is 0 Å². The molecule has 10 heteroatoms. The minimum atomic E-state index is -1.57. The summed E-state index contributed by atoms with van der Waals surface area (Å²) in [5, 5.41) is 13.5. The van der Waals surface area contributed by atoms with Crippen molar-refractivity contribution in [3.63, 3.8) is 0 Å². The number of nitrogens with zero attached hydrogens (tertiary/aromatic N) is 2. The van der Waals surface area contributed by atoms with Gasteiger partial charge in [0.1, 0.15) is 11.6 Å². The van der Waals surface area contributed by atoms with E-state index in [0.29, 0.717) is 32.4 Å². The maximum absolute atomic E-state index is 15.5. The van der Waals surface area contributed by atoms with Crippen LogP contribution in [0.3, 0.4) is 0 Å². The number of carbonyl (C=O) groups excluding carboxylic acids is 3. The third kappa shape index (κ3) is 9.17. The molecule has 7 nitrogen and oxygen atoms in total. The molecule has 0 aromatic heterocycles. The van der Waals surface area contributed by atoms with Gasteiger partial charge in [0, 0.05) is 54.9 Å². The number of ketones is 1. The van der Waals surface area contributed by atoms with Gasteiger partial charge in [-0.25, -0.2) is 13.1 Å². The molecule has 2 atom stereocenters. The molecule has 0 spiro atoms. The Labute approximate surface area is 258 Å². The van der Waals surface area contributed by atoms with Crippen LogP contribution in [0.25, 0.3) is 0 Å². The summed E-state index contributed by atoms with van der Waals surface area (Å²) in [4.78, 5) is 37.3. The Morgan fingerprint density at radius 1 is 1.19 bits per heavy atom. The number of imide groups is 1. The largest absolute Gasteiger partial charge is 0.385 e. The third-order valence-electron chi connectivity index (χ3n) is 8.40. The second-order valence-electron chi connectivity index (χ2n) is 11.6. The molecule has 2 aliphatic rings. The molecule has 4 rings (SSSR count). The fraction of sp³-hybridized carbons (Fsp3) is 0.545. The number of amides is 2. The van der Waals surface area contributed by atoms with Crippen LogP contribution in [0.1, 0.15) is 81.3 Å². The molecule has 2 fully saturated rings. The van der Waals surface area contributed by atoms with Gasteiger partial charge >= 0.3 is 0 Å².